The van der Waals surface area contributed by atoms with E-state index in [1.165, 1.54) is 12.8 Å². The number of rotatable bonds is 2. The molecule has 0 spiro atoms. The van der Waals surface area contributed by atoms with Gasteiger partial charge >= 0.3 is 0 Å². The van der Waals surface area contributed by atoms with Gasteiger partial charge in [-0.1, -0.05) is 6.92 Å². The normalized spacial score (nSPS) is 39.0. The summed E-state index contributed by atoms with van der Waals surface area (Å²) in [4.78, 5) is 2.08. The van der Waals surface area contributed by atoms with Crippen molar-refractivity contribution in [3.63, 3.8) is 0 Å². The minimum Gasteiger partial charge on any atom is -0.300 e. The Kier molecular flexibility index (Phi) is 2.30. The summed E-state index contributed by atoms with van der Waals surface area (Å²) in [5.74, 6) is 0. The zero-order valence-corrected chi connectivity index (χ0v) is 8.10. The van der Waals surface area contributed by atoms with E-state index in [-0.39, 0.29) is 0 Å². The van der Waals surface area contributed by atoms with Crippen LogP contribution in [0, 0.1) is 5.41 Å². The molecular weight excluding hydrogens is 172 g/mol. The first kappa shape index (κ1) is 9.38. The Morgan fingerprint density at radius 3 is 2.54 bits per heavy atom. The fourth-order valence-electron chi connectivity index (χ4n) is 1.99. The molecule has 2 fully saturated rings. The number of likely N-dealkylation sites (tertiary alicyclic amines) is 1. The molecule has 2 atom stereocenters. The van der Waals surface area contributed by atoms with E-state index in [4.69, 9.17) is 0 Å². The van der Waals surface area contributed by atoms with E-state index >= 15 is 0 Å². The first-order valence-corrected chi connectivity index (χ1v) is 5.10. The average molecular weight is 189 g/mol. The molecule has 1 aliphatic heterocycles. The van der Waals surface area contributed by atoms with Gasteiger partial charge in [-0.3, -0.25) is 4.90 Å². The quantitative estimate of drug-likeness (QED) is 0.643. The van der Waals surface area contributed by atoms with Crippen LogP contribution in [-0.2, 0) is 0 Å². The molecule has 76 valence electrons. The predicted octanol–water partition coefficient (Wildman–Crippen LogP) is 2.17. The summed E-state index contributed by atoms with van der Waals surface area (Å²) in [5.41, 5.74) is 0.420. The van der Waals surface area contributed by atoms with Gasteiger partial charge < -0.3 is 0 Å². The lowest BCUT2D eigenvalue weighted by molar-refractivity contribution is 0.0503. The highest BCUT2D eigenvalue weighted by Gasteiger charge is 2.40. The van der Waals surface area contributed by atoms with Crippen molar-refractivity contribution in [1.82, 2.24) is 4.90 Å². The zero-order valence-electron chi connectivity index (χ0n) is 8.10. The minimum absolute atomic E-state index is 0.302. The van der Waals surface area contributed by atoms with E-state index < -0.39 is 12.3 Å². The fourth-order valence-corrected chi connectivity index (χ4v) is 1.99. The molecule has 1 nitrogen and oxygen atoms in total. The minimum atomic E-state index is -1.25. The van der Waals surface area contributed by atoms with Gasteiger partial charge in [-0.05, 0) is 24.7 Å². The third kappa shape index (κ3) is 2.19. The molecule has 0 N–H and O–H groups in total. The molecule has 0 aromatic carbocycles. The first-order valence-electron chi connectivity index (χ1n) is 5.10. The van der Waals surface area contributed by atoms with Crippen molar-refractivity contribution in [2.45, 2.75) is 38.5 Å². The van der Waals surface area contributed by atoms with Crippen LogP contribution in [0.2, 0.25) is 0 Å². The summed E-state index contributed by atoms with van der Waals surface area (Å²) in [7, 11) is 0. The molecule has 2 unspecified atom stereocenters. The highest BCUT2D eigenvalue weighted by Crippen LogP contribution is 2.45. The Morgan fingerprint density at radius 1 is 1.31 bits per heavy atom. The smallest absolute Gasteiger partial charge is 0.144 e. The van der Waals surface area contributed by atoms with Crippen LogP contribution in [0.1, 0.15) is 26.2 Å². The molecule has 0 aromatic rings. The maximum absolute atomic E-state index is 13.0. The molecule has 0 bridgehead atoms. The van der Waals surface area contributed by atoms with Crippen LogP contribution in [0.4, 0.5) is 8.78 Å². The van der Waals surface area contributed by atoms with Gasteiger partial charge in [-0.2, -0.15) is 0 Å². The standard InChI is InChI=1S/C10H17F2N/c1-10(3-4-10)7-13-5-2-8(11)9(12)6-13/h8-9H,2-7H2,1H3. The van der Waals surface area contributed by atoms with Gasteiger partial charge in [-0.15, -0.1) is 0 Å². The van der Waals surface area contributed by atoms with Crippen molar-refractivity contribution in [2.75, 3.05) is 19.6 Å². The van der Waals surface area contributed by atoms with E-state index in [0.29, 0.717) is 18.4 Å². The third-order valence-electron chi connectivity index (χ3n) is 3.26. The molecule has 1 saturated carbocycles. The van der Waals surface area contributed by atoms with E-state index in [0.717, 1.165) is 13.1 Å². The summed E-state index contributed by atoms with van der Waals surface area (Å²) in [6.07, 6.45) is 0.398. The van der Waals surface area contributed by atoms with Crippen LogP contribution in [-0.4, -0.2) is 36.9 Å². The molecule has 0 radical (unpaired) electrons. The van der Waals surface area contributed by atoms with Crippen LogP contribution in [0.15, 0.2) is 0 Å². The van der Waals surface area contributed by atoms with Crippen molar-refractivity contribution in [3.05, 3.63) is 0 Å². The highest BCUT2D eigenvalue weighted by molar-refractivity contribution is 4.93. The molecule has 0 amide bonds. The predicted molar refractivity (Wildman–Crippen MR) is 48.2 cm³/mol. The van der Waals surface area contributed by atoms with Crippen LogP contribution in [0.25, 0.3) is 0 Å². The molecular formula is C10H17F2N. The molecule has 1 aliphatic carbocycles. The second kappa shape index (κ2) is 3.19. The fraction of sp³-hybridized carbons (Fsp3) is 1.00. The lowest BCUT2D eigenvalue weighted by Crippen LogP contribution is -2.44. The number of hydrogen-bond donors (Lipinski definition) is 0. The molecule has 13 heavy (non-hydrogen) atoms. The lowest BCUT2D eigenvalue weighted by atomic mass is 10.0. The van der Waals surface area contributed by atoms with Crippen molar-refractivity contribution < 1.29 is 8.78 Å². The summed E-state index contributed by atoms with van der Waals surface area (Å²) in [5, 5.41) is 0. The lowest BCUT2D eigenvalue weighted by Gasteiger charge is -2.32. The molecule has 3 heteroatoms. The highest BCUT2D eigenvalue weighted by atomic mass is 19.2. The Bertz CT molecular complexity index is 191. The van der Waals surface area contributed by atoms with Gasteiger partial charge in [0.25, 0.3) is 0 Å². The Morgan fingerprint density at radius 2 is 2.00 bits per heavy atom. The van der Waals surface area contributed by atoms with Crippen molar-refractivity contribution in [1.29, 1.82) is 0 Å². The summed E-state index contributed by atoms with van der Waals surface area (Å²) in [6, 6.07) is 0. The Balaban J connectivity index is 1.81. The van der Waals surface area contributed by atoms with Crippen molar-refractivity contribution in [2.24, 2.45) is 5.41 Å². The number of hydrogen-bond acceptors (Lipinski definition) is 1. The third-order valence-corrected chi connectivity index (χ3v) is 3.26. The van der Waals surface area contributed by atoms with Gasteiger partial charge in [0, 0.05) is 19.6 Å². The molecule has 0 aromatic heterocycles. The maximum Gasteiger partial charge on any atom is 0.144 e. The first-order chi connectivity index (χ1) is 6.09. The Labute approximate surface area is 78.1 Å². The number of nitrogens with zero attached hydrogens (tertiary/aromatic N) is 1. The number of piperidine rings is 1. The van der Waals surface area contributed by atoms with E-state index in [9.17, 15) is 8.78 Å². The average Bonchev–Trinajstić information content (AvgIpc) is 2.76. The topological polar surface area (TPSA) is 3.24 Å². The summed E-state index contributed by atoms with van der Waals surface area (Å²) >= 11 is 0. The number of halogens is 2. The molecule has 1 saturated heterocycles. The molecule has 2 rings (SSSR count). The summed E-state index contributed by atoms with van der Waals surface area (Å²) in [6.45, 7) is 4.22. The second-order valence-electron chi connectivity index (χ2n) is 4.87. The van der Waals surface area contributed by atoms with Crippen molar-refractivity contribution >= 4 is 0 Å². The summed E-state index contributed by atoms with van der Waals surface area (Å²) < 4.78 is 25.8. The van der Waals surface area contributed by atoms with E-state index in [1.807, 2.05) is 0 Å². The van der Waals surface area contributed by atoms with Gasteiger partial charge in [0.1, 0.15) is 12.3 Å². The van der Waals surface area contributed by atoms with Crippen LogP contribution in [0.5, 0.6) is 0 Å². The molecule has 2 aliphatic rings. The van der Waals surface area contributed by atoms with Gasteiger partial charge in [-0.25, -0.2) is 8.78 Å². The van der Waals surface area contributed by atoms with Crippen LogP contribution in [0.3, 0.4) is 0 Å². The van der Waals surface area contributed by atoms with E-state index in [2.05, 4.69) is 11.8 Å². The van der Waals surface area contributed by atoms with Crippen molar-refractivity contribution in [3.8, 4) is 0 Å². The second-order valence-corrected chi connectivity index (χ2v) is 4.87. The van der Waals surface area contributed by atoms with Gasteiger partial charge in [0.2, 0.25) is 0 Å². The van der Waals surface area contributed by atoms with Crippen LogP contribution >= 0.6 is 0 Å². The number of alkyl halides is 2. The Hall–Kier alpha value is -0.180. The molecule has 1 heterocycles. The van der Waals surface area contributed by atoms with Gasteiger partial charge in [0.15, 0.2) is 0 Å². The largest absolute Gasteiger partial charge is 0.300 e. The van der Waals surface area contributed by atoms with Crippen LogP contribution < -0.4 is 0 Å². The zero-order chi connectivity index (χ0) is 9.47. The SMILES string of the molecule is CC1(CN2CCC(F)C(F)C2)CC1. The monoisotopic (exact) mass is 189 g/mol. The van der Waals surface area contributed by atoms with E-state index in [1.54, 1.807) is 0 Å². The maximum atomic E-state index is 13.0. The van der Waals surface area contributed by atoms with Gasteiger partial charge in [0.05, 0.1) is 0 Å².